The third-order valence-electron chi connectivity index (χ3n) is 4.97. The maximum absolute atomic E-state index is 13.3. The van der Waals surface area contributed by atoms with Crippen LogP contribution in [0.2, 0.25) is 0 Å². The Morgan fingerprint density at radius 3 is 2.68 bits per heavy atom. The number of halogens is 1. The van der Waals surface area contributed by atoms with Gasteiger partial charge < -0.3 is 14.8 Å². The van der Waals surface area contributed by atoms with Crippen molar-refractivity contribution < 1.29 is 19.2 Å². The molecule has 0 spiro atoms. The van der Waals surface area contributed by atoms with Crippen LogP contribution in [-0.4, -0.2) is 29.0 Å². The van der Waals surface area contributed by atoms with Crippen molar-refractivity contribution in [3.63, 3.8) is 0 Å². The van der Waals surface area contributed by atoms with Crippen LogP contribution in [0.1, 0.15) is 24.1 Å². The lowest BCUT2D eigenvalue weighted by Gasteiger charge is -2.12. The Kier molecular flexibility index (Phi) is 5.69. The number of nitrogens with two attached hydrogens (primary N) is 1. The van der Waals surface area contributed by atoms with Crippen LogP contribution in [0.15, 0.2) is 54.6 Å². The summed E-state index contributed by atoms with van der Waals surface area (Å²) in [4.78, 5) is 0. The van der Waals surface area contributed by atoms with Crippen molar-refractivity contribution in [1.82, 2.24) is 9.78 Å². The number of benzene rings is 2. The fourth-order valence-corrected chi connectivity index (χ4v) is 3.48. The highest BCUT2D eigenvalue weighted by Gasteiger charge is 2.22. The van der Waals surface area contributed by atoms with E-state index in [2.05, 4.69) is 5.32 Å². The summed E-state index contributed by atoms with van der Waals surface area (Å²) in [5, 5.41) is 6.95. The minimum atomic E-state index is -0.287. The normalized spacial score (nSPS) is 16.4. The van der Waals surface area contributed by atoms with Gasteiger partial charge in [0.05, 0.1) is 16.9 Å². The van der Waals surface area contributed by atoms with Gasteiger partial charge in [0, 0.05) is 6.61 Å². The van der Waals surface area contributed by atoms with E-state index in [-0.39, 0.29) is 5.82 Å². The Labute approximate surface area is 164 Å². The molecule has 4 rings (SSSR count). The standard InChI is InChI=1S/C22H24FN3O2/c1-16-21(15-24-14-20-8-5-13-27-20)22(28-19-11-9-17(23)10-12-19)26(25-16)18-6-3-2-4-7-18/h2-4,6-7,9-12,20,24H,5,8,13-15H2,1H3/p+1/t20-/m1/s1. The Hall–Kier alpha value is -2.70. The number of hydrogen-bond acceptors (Lipinski definition) is 3. The van der Waals surface area contributed by atoms with Gasteiger partial charge in [-0.15, -0.1) is 0 Å². The van der Waals surface area contributed by atoms with Crippen LogP contribution in [0.4, 0.5) is 4.39 Å². The summed E-state index contributed by atoms with van der Waals surface area (Å²) in [6.07, 6.45) is 2.59. The molecule has 0 radical (unpaired) electrons. The third kappa shape index (κ3) is 4.24. The topological polar surface area (TPSA) is 52.9 Å². The zero-order valence-corrected chi connectivity index (χ0v) is 16.0. The largest absolute Gasteiger partial charge is 0.438 e. The molecule has 1 aliphatic rings. The van der Waals surface area contributed by atoms with Gasteiger partial charge in [0.15, 0.2) is 0 Å². The van der Waals surface area contributed by atoms with Gasteiger partial charge in [-0.05, 0) is 56.2 Å². The van der Waals surface area contributed by atoms with E-state index in [1.807, 2.05) is 41.9 Å². The van der Waals surface area contributed by atoms with Crippen LogP contribution < -0.4 is 10.1 Å². The number of hydrogen-bond donors (Lipinski definition) is 1. The number of ether oxygens (including phenoxy) is 2. The molecule has 1 atom stereocenters. The van der Waals surface area contributed by atoms with Gasteiger partial charge >= 0.3 is 0 Å². The second-order valence-electron chi connectivity index (χ2n) is 7.04. The average molecular weight is 382 g/mol. The van der Waals surface area contributed by atoms with Crippen LogP contribution in [0.3, 0.4) is 0 Å². The average Bonchev–Trinajstić information content (AvgIpc) is 3.34. The van der Waals surface area contributed by atoms with Gasteiger partial charge in [-0.3, -0.25) is 0 Å². The zero-order chi connectivity index (χ0) is 19.3. The minimum absolute atomic E-state index is 0.287. The number of para-hydroxylation sites is 1. The van der Waals surface area contributed by atoms with Crippen LogP contribution >= 0.6 is 0 Å². The van der Waals surface area contributed by atoms with Crippen LogP contribution in [0, 0.1) is 12.7 Å². The lowest BCUT2D eigenvalue weighted by Crippen LogP contribution is -2.84. The Morgan fingerprint density at radius 1 is 1.18 bits per heavy atom. The lowest BCUT2D eigenvalue weighted by molar-refractivity contribution is -0.676. The van der Waals surface area contributed by atoms with E-state index >= 15 is 0 Å². The molecule has 0 unspecified atom stereocenters. The Bertz CT molecular complexity index is 904. The highest BCUT2D eigenvalue weighted by Crippen LogP contribution is 2.30. The van der Waals surface area contributed by atoms with E-state index in [1.54, 1.807) is 12.1 Å². The maximum atomic E-state index is 13.3. The molecule has 0 aliphatic carbocycles. The van der Waals surface area contributed by atoms with Gasteiger partial charge in [0.1, 0.15) is 30.8 Å². The van der Waals surface area contributed by atoms with E-state index in [9.17, 15) is 4.39 Å². The first-order chi connectivity index (χ1) is 13.7. The fraction of sp³-hybridized carbons (Fsp3) is 0.318. The molecule has 1 saturated heterocycles. The first-order valence-electron chi connectivity index (χ1n) is 9.71. The maximum Gasteiger partial charge on any atom is 0.231 e. The molecule has 5 nitrogen and oxygen atoms in total. The number of aromatic nitrogens is 2. The molecule has 146 valence electrons. The quantitative estimate of drug-likeness (QED) is 0.682. The van der Waals surface area contributed by atoms with Gasteiger partial charge in [-0.2, -0.15) is 5.10 Å². The van der Waals surface area contributed by atoms with Crippen molar-refractivity contribution >= 4 is 0 Å². The van der Waals surface area contributed by atoms with Crippen molar-refractivity contribution in [2.45, 2.75) is 32.4 Å². The molecule has 28 heavy (non-hydrogen) atoms. The molecular weight excluding hydrogens is 357 g/mol. The van der Waals surface area contributed by atoms with Gasteiger partial charge in [0.2, 0.25) is 5.88 Å². The van der Waals surface area contributed by atoms with E-state index in [1.165, 1.54) is 12.1 Å². The molecular formula is C22H25FN3O2+. The highest BCUT2D eigenvalue weighted by atomic mass is 19.1. The van der Waals surface area contributed by atoms with Crippen molar-refractivity contribution in [3.05, 3.63) is 71.7 Å². The van der Waals surface area contributed by atoms with Gasteiger partial charge in [-0.25, -0.2) is 9.07 Å². The first kappa shape index (κ1) is 18.7. The SMILES string of the molecule is Cc1nn(-c2ccccc2)c(Oc2ccc(F)cc2)c1C[NH2+]C[C@H]1CCCO1. The van der Waals surface area contributed by atoms with Crippen LogP contribution in [0.5, 0.6) is 11.6 Å². The number of nitrogens with zero attached hydrogens (tertiary/aromatic N) is 2. The summed E-state index contributed by atoms with van der Waals surface area (Å²) >= 11 is 0. The molecule has 2 aromatic carbocycles. The van der Waals surface area contributed by atoms with Gasteiger partial charge in [-0.1, -0.05) is 18.2 Å². The predicted octanol–water partition coefficient (Wildman–Crippen LogP) is 3.35. The first-order valence-corrected chi connectivity index (χ1v) is 9.71. The van der Waals surface area contributed by atoms with Crippen molar-refractivity contribution in [1.29, 1.82) is 0 Å². The number of rotatable bonds is 7. The highest BCUT2D eigenvalue weighted by molar-refractivity contribution is 5.43. The Morgan fingerprint density at radius 2 is 1.96 bits per heavy atom. The summed E-state index contributed by atoms with van der Waals surface area (Å²) in [5.74, 6) is 0.961. The van der Waals surface area contributed by atoms with Gasteiger partial charge in [0.25, 0.3) is 0 Å². The van der Waals surface area contributed by atoms with Crippen molar-refractivity contribution in [2.75, 3.05) is 13.2 Å². The molecule has 1 aromatic heterocycles. The third-order valence-corrected chi connectivity index (χ3v) is 4.97. The monoisotopic (exact) mass is 382 g/mol. The molecule has 6 heteroatoms. The number of quaternary nitrogens is 1. The Balaban J connectivity index is 1.61. The van der Waals surface area contributed by atoms with Crippen LogP contribution in [-0.2, 0) is 11.3 Å². The van der Waals surface area contributed by atoms with Crippen molar-refractivity contribution in [3.8, 4) is 17.3 Å². The van der Waals surface area contributed by atoms with E-state index in [0.29, 0.717) is 17.7 Å². The zero-order valence-electron chi connectivity index (χ0n) is 16.0. The lowest BCUT2D eigenvalue weighted by atomic mass is 10.2. The van der Waals surface area contributed by atoms with E-state index in [4.69, 9.17) is 14.6 Å². The summed E-state index contributed by atoms with van der Waals surface area (Å²) in [7, 11) is 0. The second kappa shape index (κ2) is 8.54. The molecule has 2 N–H and O–H groups in total. The summed E-state index contributed by atoms with van der Waals surface area (Å²) in [5.41, 5.74) is 2.88. The van der Waals surface area contributed by atoms with E-state index < -0.39 is 0 Å². The van der Waals surface area contributed by atoms with E-state index in [0.717, 1.165) is 49.5 Å². The molecule has 0 bridgehead atoms. The molecule has 1 aliphatic heterocycles. The molecule has 0 amide bonds. The second-order valence-corrected chi connectivity index (χ2v) is 7.04. The fourth-order valence-electron chi connectivity index (χ4n) is 3.48. The summed E-state index contributed by atoms with van der Waals surface area (Å²) in [6.45, 7) is 4.52. The minimum Gasteiger partial charge on any atom is -0.438 e. The molecule has 3 aromatic rings. The smallest absolute Gasteiger partial charge is 0.231 e. The molecule has 2 heterocycles. The van der Waals surface area contributed by atoms with Crippen LogP contribution in [0.25, 0.3) is 5.69 Å². The number of aryl methyl sites for hydroxylation is 1. The molecule has 1 fully saturated rings. The predicted molar refractivity (Wildman–Crippen MR) is 104 cm³/mol. The summed E-state index contributed by atoms with van der Waals surface area (Å²) in [6, 6.07) is 15.9. The molecule has 0 saturated carbocycles. The summed E-state index contributed by atoms with van der Waals surface area (Å²) < 4.78 is 27.0. The van der Waals surface area contributed by atoms with Crippen molar-refractivity contribution in [2.24, 2.45) is 0 Å².